The van der Waals surface area contributed by atoms with Gasteiger partial charge in [-0.1, -0.05) is 19.8 Å². The molecule has 94 valence electrons. The third kappa shape index (κ3) is 3.37. The van der Waals surface area contributed by atoms with Gasteiger partial charge in [0.1, 0.15) is 0 Å². The standard InChI is InChI=1S/C12H26N4/c1-12(7-4-5-8-12)10(16(2)3)6-9-15-11(13)14/h10H,4-9H2,1-3H3,(H4,13,14,15). The SMILES string of the molecule is CN(C)C(CCN=C(N)N)C1(C)CCCC1. The number of rotatable bonds is 5. The van der Waals surface area contributed by atoms with Crippen LogP contribution in [0.15, 0.2) is 4.99 Å². The van der Waals surface area contributed by atoms with Crippen LogP contribution in [0, 0.1) is 5.41 Å². The molecule has 0 spiro atoms. The first-order valence-corrected chi connectivity index (χ1v) is 6.17. The van der Waals surface area contributed by atoms with Gasteiger partial charge in [0.25, 0.3) is 0 Å². The predicted molar refractivity (Wildman–Crippen MR) is 69.3 cm³/mol. The van der Waals surface area contributed by atoms with E-state index in [-0.39, 0.29) is 5.96 Å². The van der Waals surface area contributed by atoms with Crippen LogP contribution in [0.4, 0.5) is 0 Å². The van der Waals surface area contributed by atoms with Crippen molar-refractivity contribution in [1.82, 2.24) is 4.90 Å². The number of guanidine groups is 1. The van der Waals surface area contributed by atoms with E-state index in [2.05, 4.69) is 30.9 Å². The molecular weight excluding hydrogens is 200 g/mol. The summed E-state index contributed by atoms with van der Waals surface area (Å²) in [5.41, 5.74) is 11.2. The van der Waals surface area contributed by atoms with E-state index >= 15 is 0 Å². The maximum atomic E-state index is 5.36. The van der Waals surface area contributed by atoms with Crippen LogP contribution in [0.1, 0.15) is 39.0 Å². The molecule has 1 aliphatic carbocycles. The fourth-order valence-electron chi connectivity index (χ4n) is 3.06. The van der Waals surface area contributed by atoms with Crippen molar-refractivity contribution in [3.63, 3.8) is 0 Å². The van der Waals surface area contributed by atoms with Gasteiger partial charge in [-0.2, -0.15) is 0 Å². The van der Waals surface area contributed by atoms with Crippen LogP contribution in [0.25, 0.3) is 0 Å². The second-order valence-electron chi connectivity index (χ2n) is 5.44. The van der Waals surface area contributed by atoms with Gasteiger partial charge in [-0.15, -0.1) is 0 Å². The van der Waals surface area contributed by atoms with E-state index in [4.69, 9.17) is 11.5 Å². The lowest BCUT2D eigenvalue weighted by Gasteiger charge is -2.38. The largest absolute Gasteiger partial charge is 0.370 e. The molecule has 0 amide bonds. The highest BCUT2D eigenvalue weighted by atomic mass is 15.1. The van der Waals surface area contributed by atoms with E-state index in [0.717, 1.165) is 13.0 Å². The van der Waals surface area contributed by atoms with Crippen LogP contribution in [0.2, 0.25) is 0 Å². The summed E-state index contributed by atoms with van der Waals surface area (Å²) < 4.78 is 0. The molecule has 0 aliphatic heterocycles. The lowest BCUT2D eigenvalue weighted by atomic mass is 9.78. The molecule has 0 aromatic carbocycles. The summed E-state index contributed by atoms with van der Waals surface area (Å²) in [6, 6.07) is 0.582. The summed E-state index contributed by atoms with van der Waals surface area (Å²) >= 11 is 0. The molecule has 1 atom stereocenters. The van der Waals surface area contributed by atoms with Crippen LogP contribution < -0.4 is 11.5 Å². The molecule has 1 aliphatic rings. The van der Waals surface area contributed by atoms with Gasteiger partial charge in [0.2, 0.25) is 0 Å². The molecule has 0 aromatic rings. The zero-order valence-electron chi connectivity index (χ0n) is 10.9. The third-order valence-electron chi connectivity index (χ3n) is 3.87. The second-order valence-corrected chi connectivity index (χ2v) is 5.44. The molecule has 4 nitrogen and oxygen atoms in total. The first kappa shape index (κ1) is 13.3. The van der Waals surface area contributed by atoms with Crippen LogP contribution in [0.3, 0.4) is 0 Å². The molecule has 16 heavy (non-hydrogen) atoms. The first-order valence-electron chi connectivity index (χ1n) is 6.17. The monoisotopic (exact) mass is 226 g/mol. The summed E-state index contributed by atoms with van der Waals surface area (Å²) in [5, 5.41) is 0. The summed E-state index contributed by atoms with van der Waals surface area (Å²) in [6.07, 6.45) is 6.43. The quantitative estimate of drug-likeness (QED) is 0.546. The highest BCUT2D eigenvalue weighted by molar-refractivity contribution is 5.75. The Kier molecular flexibility index (Phi) is 4.59. The maximum Gasteiger partial charge on any atom is 0.185 e. The van der Waals surface area contributed by atoms with Crippen molar-refractivity contribution < 1.29 is 0 Å². The molecule has 0 radical (unpaired) electrons. The summed E-state index contributed by atoms with van der Waals surface area (Å²) in [4.78, 5) is 6.42. The molecule has 0 bridgehead atoms. The van der Waals surface area contributed by atoms with Gasteiger partial charge in [0, 0.05) is 12.6 Å². The Labute approximate surface area is 99.1 Å². The van der Waals surface area contributed by atoms with Gasteiger partial charge < -0.3 is 16.4 Å². The minimum atomic E-state index is 0.203. The van der Waals surface area contributed by atoms with Gasteiger partial charge in [-0.25, -0.2) is 0 Å². The second kappa shape index (κ2) is 5.53. The Balaban J connectivity index is 2.57. The minimum Gasteiger partial charge on any atom is -0.370 e. The van der Waals surface area contributed by atoms with E-state index in [1.165, 1.54) is 25.7 Å². The molecule has 4 N–H and O–H groups in total. The molecule has 0 heterocycles. The molecular formula is C12H26N4. The van der Waals surface area contributed by atoms with Crippen LogP contribution in [-0.4, -0.2) is 37.5 Å². The van der Waals surface area contributed by atoms with Crippen molar-refractivity contribution in [2.24, 2.45) is 21.9 Å². The number of hydrogen-bond acceptors (Lipinski definition) is 2. The molecule has 1 fully saturated rings. The van der Waals surface area contributed by atoms with E-state index in [9.17, 15) is 0 Å². The van der Waals surface area contributed by atoms with Gasteiger partial charge in [0.15, 0.2) is 5.96 Å². The molecule has 0 aromatic heterocycles. The molecule has 1 saturated carbocycles. The van der Waals surface area contributed by atoms with Crippen molar-refractivity contribution >= 4 is 5.96 Å². The van der Waals surface area contributed by atoms with Crippen LogP contribution in [0.5, 0.6) is 0 Å². The summed E-state index contributed by atoms with van der Waals surface area (Å²) in [6.45, 7) is 3.14. The predicted octanol–water partition coefficient (Wildman–Crippen LogP) is 1.16. The molecule has 1 unspecified atom stereocenters. The Bertz CT molecular complexity index is 237. The number of nitrogens with two attached hydrogens (primary N) is 2. The third-order valence-corrected chi connectivity index (χ3v) is 3.87. The number of nitrogens with zero attached hydrogens (tertiary/aromatic N) is 2. The van der Waals surface area contributed by atoms with Crippen LogP contribution >= 0.6 is 0 Å². The maximum absolute atomic E-state index is 5.36. The van der Waals surface area contributed by atoms with Crippen molar-refractivity contribution in [2.45, 2.75) is 45.1 Å². The van der Waals surface area contributed by atoms with Crippen molar-refractivity contribution in [3.05, 3.63) is 0 Å². The Hall–Kier alpha value is -0.770. The first-order chi connectivity index (χ1) is 7.46. The summed E-state index contributed by atoms with van der Waals surface area (Å²) in [5.74, 6) is 0.203. The van der Waals surface area contributed by atoms with Crippen LogP contribution in [-0.2, 0) is 0 Å². The number of aliphatic imine (C=N–C) groups is 1. The lowest BCUT2D eigenvalue weighted by Crippen LogP contribution is -2.42. The molecule has 0 saturated heterocycles. The lowest BCUT2D eigenvalue weighted by molar-refractivity contribution is 0.117. The average molecular weight is 226 g/mol. The average Bonchev–Trinajstić information content (AvgIpc) is 2.59. The fraction of sp³-hybridized carbons (Fsp3) is 0.917. The van der Waals surface area contributed by atoms with E-state index in [1.54, 1.807) is 0 Å². The van der Waals surface area contributed by atoms with E-state index < -0.39 is 0 Å². The zero-order chi connectivity index (χ0) is 12.2. The van der Waals surface area contributed by atoms with E-state index in [0.29, 0.717) is 11.5 Å². The smallest absolute Gasteiger partial charge is 0.185 e. The van der Waals surface area contributed by atoms with Gasteiger partial charge in [-0.05, 0) is 38.8 Å². The fourth-order valence-corrected chi connectivity index (χ4v) is 3.06. The highest BCUT2D eigenvalue weighted by Crippen LogP contribution is 2.43. The van der Waals surface area contributed by atoms with Gasteiger partial charge >= 0.3 is 0 Å². The zero-order valence-corrected chi connectivity index (χ0v) is 10.9. The normalized spacial score (nSPS) is 21.0. The van der Waals surface area contributed by atoms with Gasteiger partial charge in [0.05, 0.1) is 0 Å². The highest BCUT2D eigenvalue weighted by Gasteiger charge is 2.37. The van der Waals surface area contributed by atoms with Gasteiger partial charge in [-0.3, -0.25) is 4.99 Å². The Morgan fingerprint density at radius 3 is 2.31 bits per heavy atom. The molecule has 1 rings (SSSR count). The Morgan fingerprint density at radius 2 is 1.88 bits per heavy atom. The number of hydrogen-bond donors (Lipinski definition) is 2. The van der Waals surface area contributed by atoms with E-state index in [1.807, 2.05) is 0 Å². The minimum absolute atomic E-state index is 0.203. The van der Waals surface area contributed by atoms with Crippen molar-refractivity contribution in [3.8, 4) is 0 Å². The topological polar surface area (TPSA) is 67.6 Å². The molecule has 4 heteroatoms. The summed E-state index contributed by atoms with van der Waals surface area (Å²) in [7, 11) is 4.31. The Morgan fingerprint density at radius 1 is 1.31 bits per heavy atom. The van der Waals surface area contributed by atoms with Crippen molar-refractivity contribution in [1.29, 1.82) is 0 Å². The van der Waals surface area contributed by atoms with Crippen molar-refractivity contribution in [2.75, 3.05) is 20.6 Å².